The number of fused-ring (bicyclic) bond motifs is 1. The Labute approximate surface area is 333 Å². The fraction of sp³-hybridized carbons (Fsp3) is 0.375. The van der Waals surface area contributed by atoms with Gasteiger partial charge in [-0.15, -0.1) is 0 Å². The van der Waals surface area contributed by atoms with Gasteiger partial charge in [0.05, 0.1) is 43.2 Å². The molecule has 5 heterocycles. The Bertz CT molecular complexity index is 2220. The van der Waals surface area contributed by atoms with E-state index in [-0.39, 0.29) is 23.8 Å². The van der Waals surface area contributed by atoms with Crippen molar-refractivity contribution in [2.45, 2.75) is 63.7 Å². The van der Waals surface area contributed by atoms with Crippen molar-refractivity contribution < 1.29 is 33.4 Å². The maximum Gasteiger partial charge on any atom is 0.407 e. The van der Waals surface area contributed by atoms with Crippen LogP contribution in [-0.2, 0) is 23.9 Å². The van der Waals surface area contributed by atoms with E-state index in [9.17, 15) is 24.0 Å². The van der Waals surface area contributed by atoms with E-state index in [0.29, 0.717) is 48.1 Å². The zero-order valence-corrected chi connectivity index (χ0v) is 32.9. The number of carbonyl (C=O) groups is 5. The summed E-state index contributed by atoms with van der Waals surface area (Å²) in [5.41, 5.74) is 3.33. The third-order valence-corrected chi connectivity index (χ3v) is 11.4. The van der Waals surface area contributed by atoms with E-state index < -0.39 is 36.2 Å². The van der Waals surface area contributed by atoms with E-state index in [1.807, 2.05) is 54.8 Å². The summed E-state index contributed by atoms with van der Waals surface area (Å²) in [5.74, 6) is 0.0470. The lowest BCUT2D eigenvalue weighted by atomic mass is 10.0. The normalized spacial score (nSPS) is 17.7. The number of thiazole rings is 1. The molecule has 2 saturated heterocycles. The number of nitrogens with one attached hydrogen (secondary N) is 4. The van der Waals surface area contributed by atoms with Crippen molar-refractivity contribution in [2.75, 3.05) is 32.6 Å². The van der Waals surface area contributed by atoms with Crippen molar-refractivity contribution in [3.8, 4) is 21.7 Å². The molecule has 0 radical (unpaired) electrons. The molecule has 5 aromatic rings. The number of carbonyl (C=O) groups excluding carboxylic acids is 5. The molecule has 2 aromatic carbocycles. The number of methoxy groups -OCH3 is 2. The van der Waals surface area contributed by atoms with Gasteiger partial charge in [0.15, 0.2) is 10.8 Å². The lowest BCUT2D eigenvalue weighted by Gasteiger charge is -2.30. The Hall–Kier alpha value is -6.23. The monoisotopic (exact) mass is 795 g/mol. The lowest BCUT2D eigenvalue weighted by Crippen LogP contribution is -2.51. The molecule has 2 fully saturated rings. The zero-order valence-electron chi connectivity index (χ0n) is 32.1. The second-order valence-corrected chi connectivity index (χ2v) is 15.4. The molecule has 4 atom stereocenters. The van der Waals surface area contributed by atoms with Gasteiger partial charge >= 0.3 is 12.2 Å². The minimum absolute atomic E-state index is 0.121. The van der Waals surface area contributed by atoms with Crippen LogP contribution in [0, 0.1) is 5.92 Å². The van der Waals surface area contributed by atoms with Gasteiger partial charge in [-0.05, 0) is 48.3 Å². The van der Waals surface area contributed by atoms with Crippen molar-refractivity contribution in [1.29, 1.82) is 0 Å². The summed E-state index contributed by atoms with van der Waals surface area (Å²) in [6.45, 7) is 4.73. The van der Waals surface area contributed by atoms with Gasteiger partial charge in [0, 0.05) is 19.3 Å². The van der Waals surface area contributed by atoms with Crippen LogP contribution >= 0.6 is 11.3 Å². The standard InChI is InChI=1S/C40H45N9O7S/c1-23(2)32(45-39(53)55-3)36(51)48-18-8-12-28(48)34-41-20-27(42-34)24-14-16-25(17-15-24)30-21-47-22-31(44-38(47)57-30)43-35(50)29-13-9-19-49(29)37(52)33(46-40(54)56-4)26-10-6-5-7-11-26/h5-7,10-11,14-17,20-23,28-29,32-33H,8-9,12-13,18-19H2,1-4H3,(H,41,42)(H,43,50)(H,45,53)(H,46,54). The molecule has 0 bridgehead atoms. The van der Waals surface area contributed by atoms with E-state index in [1.165, 1.54) is 30.5 Å². The van der Waals surface area contributed by atoms with E-state index in [4.69, 9.17) is 9.47 Å². The van der Waals surface area contributed by atoms with E-state index in [1.54, 1.807) is 41.6 Å². The fourth-order valence-electron chi connectivity index (χ4n) is 7.44. The molecule has 16 nitrogen and oxygen atoms in total. The first-order valence-corrected chi connectivity index (χ1v) is 19.7. The number of nitrogens with zero attached hydrogens (tertiary/aromatic N) is 5. The van der Waals surface area contributed by atoms with Crippen LogP contribution in [0.1, 0.15) is 63.0 Å². The minimum Gasteiger partial charge on any atom is -0.453 e. The van der Waals surface area contributed by atoms with Crippen molar-refractivity contribution in [1.82, 2.24) is 39.8 Å². The van der Waals surface area contributed by atoms with Gasteiger partial charge < -0.3 is 40.2 Å². The highest BCUT2D eigenvalue weighted by Crippen LogP contribution is 2.35. The van der Waals surface area contributed by atoms with E-state index in [0.717, 1.165) is 34.5 Å². The molecule has 4 unspecified atom stereocenters. The van der Waals surface area contributed by atoms with Gasteiger partial charge in [-0.2, -0.15) is 0 Å². The maximum atomic E-state index is 13.7. The van der Waals surface area contributed by atoms with Crippen LogP contribution in [0.3, 0.4) is 0 Å². The van der Waals surface area contributed by atoms with Gasteiger partial charge in [-0.1, -0.05) is 79.8 Å². The van der Waals surface area contributed by atoms with Crippen molar-refractivity contribution in [2.24, 2.45) is 5.92 Å². The van der Waals surface area contributed by atoms with Crippen molar-refractivity contribution >= 4 is 52.0 Å². The summed E-state index contributed by atoms with van der Waals surface area (Å²) in [7, 11) is 2.51. The number of benzene rings is 2. The summed E-state index contributed by atoms with van der Waals surface area (Å²) in [6, 6.07) is 14.2. The predicted octanol–water partition coefficient (Wildman–Crippen LogP) is 5.52. The molecule has 5 amide bonds. The summed E-state index contributed by atoms with van der Waals surface area (Å²) >= 11 is 1.47. The third kappa shape index (κ3) is 8.33. The molecule has 57 heavy (non-hydrogen) atoms. The SMILES string of the molecule is COC(=O)NC(C(=O)N1CCCC1C(=O)Nc1cn2cc(-c3ccc(-c4cnc(C5CCCN5C(=O)C(NC(=O)OC)C(C)C)[nH]4)cc3)sc2n1)c1ccccc1. The number of alkyl carbamates (subject to hydrolysis) is 2. The molecular weight excluding hydrogens is 751 g/mol. The average Bonchev–Trinajstić information content (AvgIpc) is 4.07. The zero-order chi connectivity index (χ0) is 40.2. The number of H-pyrrole nitrogens is 1. The molecule has 0 spiro atoms. The lowest BCUT2D eigenvalue weighted by molar-refractivity contribution is -0.138. The van der Waals surface area contributed by atoms with E-state index >= 15 is 0 Å². The average molecular weight is 796 g/mol. The van der Waals surface area contributed by atoms with Gasteiger partial charge in [0.25, 0.3) is 5.91 Å². The van der Waals surface area contributed by atoms with Crippen LogP contribution in [0.5, 0.6) is 0 Å². The number of anilines is 1. The van der Waals surface area contributed by atoms with Gasteiger partial charge in [-0.25, -0.2) is 19.6 Å². The van der Waals surface area contributed by atoms with Crippen LogP contribution in [-0.4, -0.2) is 98.5 Å². The largest absolute Gasteiger partial charge is 0.453 e. The second kappa shape index (κ2) is 16.9. The molecule has 0 saturated carbocycles. The highest BCUT2D eigenvalue weighted by Gasteiger charge is 2.39. The first-order chi connectivity index (χ1) is 27.5. The summed E-state index contributed by atoms with van der Waals surface area (Å²) in [5, 5.41) is 8.18. The van der Waals surface area contributed by atoms with E-state index in [2.05, 4.69) is 30.9 Å². The number of aromatic amines is 1. The Balaban J connectivity index is 0.994. The van der Waals surface area contributed by atoms with Gasteiger partial charge in [0.2, 0.25) is 11.8 Å². The smallest absolute Gasteiger partial charge is 0.407 e. The second-order valence-electron chi connectivity index (χ2n) is 14.4. The number of likely N-dealkylation sites (tertiary alicyclic amines) is 2. The first-order valence-electron chi connectivity index (χ1n) is 18.8. The molecule has 2 aliphatic rings. The van der Waals surface area contributed by atoms with Crippen LogP contribution in [0.4, 0.5) is 15.4 Å². The Kier molecular flexibility index (Phi) is 11.5. The first kappa shape index (κ1) is 39.0. The Morgan fingerprint density at radius 1 is 0.842 bits per heavy atom. The van der Waals surface area contributed by atoms with Crippen LogP contribution in [0.25, 0.3) is 26.7 Å². The summed E-state index contributed by atoms with van der Waals surface area (Å²) in [6.07, 6.45) is 6.79. The number of hydrogen-bond donors (Lipinski definition) is 4. The number of ether oxygens (including phenoxy) is 2. The van der Waals surface area contributed by atoms with Crippen LogP contribution < -0.4 is 16.0 Å². The molecular formula is C40H45N9O7S. The van der Waals surface area contributed by atoms with Crippen molar-refractivity contribution in [3.63, 3.8) is 0 Å². The Morgan fingerprint density at radius 2 is 1.53 bits per heavy atom. The van der Waals surface area contributed by atoms with Crippen molar-refractivity contribution in [3.05, 3.63) is 84.6 Å². The predicted molar refractivity (Wildman–Crippen MR) is 212 cm³/mol. The quantitative estimate of drug-likeness (QED) is 0.133. The topological polar surface area (TPSA) is 192 Å². The summed E-state index contributed by atoms with van der Waals surface area (Å²) in [4.78, 5) is 82.5. The molecule has 0 aliphatic carbocycles. The molecule has 7 rings (SSSR count). The highest BCUT2D eigenvalue weighted by molar-refractivity contribution is 7.20. The number of imidazole rings is 2. The number of rotatable bonds is 11. The minimum atomic E-state index is -1.00. The molecule has 4 N–H and O–H groups in total. The van der Waals surface area contributed by atoms with Gasteiger partial charge in [-0.3, -0.25) is 18.8 Å². The number of aromatic nitrogens is 4. The maximum absolute atomic E-state index is 13.7. The highest BCUT2D eigenvalue weighted by atomic mass is 32.1. The number of hydrogen-bond acceptors (Lipinski definition) is 10. The van der Waals surface area contributed by atoms with Gasteiger partial charge in [0.1, 0.15) is 23.9 Å². The van der Waals surface area contributed by atoms with Crippen LogP contribution in [0.2, 0.25) is 0 Å². The molecule has 17 heteroatoms. The molecule has 298 valence electrons. The van der Waals surface area contributed by atoms with Crippen LogP contribution in [0.15, 0.2) is 73.2 Å². The number of amides is 5. The fourth-order valence-corrected chi connectivity index (χ4v) is 8.41. The third-order valence-electron chi connectivity index (χ3n) is 10.4. The molecule has 2 aliphatic heterocycles. The summed E-state index contributed by atoms with van der Waals surface area (Å²) < 4.78 is 11.4. The Morgan fingerprint density at radius 3 is 2.23 bits per heavy atom. The molecule has 3 aromatic heterocycles.